The van der Waals surface area contributed by atoms with Gasteiger partial charge in [-0.2, -0.15) is 0 Å². The Labute approximate surface area is 160 Å². The van der Waals surface area contributed by atoms with E-state index in [1.165, 1.54) is 6.42 Å². The molecule has 1 unspecified atom stereocenters. The number of anilines is 2. The minimum absolute atomic E-state index is 0.205. The van der Waals surface area contributed by atoms with E-state index in [0.717, 1.165) is 30.9 Å². The topological polar surface area (TPSA) is 84.4 Å². The summed E-state index contributed by atoms with van der Waals surface area (Å²) < 4.78 is 33.3. The predicted octanol–water partition coefficient (Wildman–Crippen LogP) is 3.14. The van der Waals surface area contributed by atoms with E-state index < -0.39 is 10.0 Å². The Balaban J connectivity index is 1.79. The van der Waals surface area contributed by atoms with Crippen molar-refractivity contribution in [2.75, 3.05) is 29.8 Å². The number of aryl methyl sites for hydroxylation is 2. The minimum atomic E-state index is -3.76. The molecule has 1 saturated heterocycles. The van der Waals surface area contributed by atoms with E-state index >= 15 is 0 Å². The summed E-state index contributed by atoms with van der Waals surface area (Å²) in [6.07, 6.45) is 2.36. The maximum atomic E-state index is 12.8. The maximum absolute atomic E-state index is 12.8. The van der Waals surface area contributed by atoms with Gasteiger partial charge in [0, 0.05) is 13.1 Å². The van der Waals surface area contributed by atoms with E-state index in [4.69, 9.17) is 4.74 Å². The fourth-order valence-electron chi connectivity index (χ4n) is 3.41. The van der Waals surface area contributed by atoms with Crippen LogP contribution in [0.5, 0.6) is 5.75 Å². The molecule has 0 bridgehead atoms. The first kappa shape index (κ1) is 19.4. The van der Waals surface area contributed by atoms with Gasteiger partial charge >= 0.3 is 0 Å². The molecule has 1 aliphatic heterocycles. The van der Waals surface area contributed by atoms with E-state index in [1.807, 2.05) is 13.0 Å². The van der Waals surface area contributed by atoms with Crippen LogP contribution in [0.15, 0.2) is 29.2 Å². The molecule has 1 fully saturated rings. The number of methoxy groups -OCH3 is 1. The zero-order valence-corrected chi connectivity index (χ0v) is 17.0. The number of ether oxygens (including phenoxy) is 1. The van der Waals surface area contributed by atoms with Gasteiger partial charge in [0.15, 0.2) is 11.6 Å². The van der Waals surface area contributed by atoms with Crippen LogP contribution in [0.3, 0.4) is 0 Å². The zero-order valence-electron chi connectivity index (χ0n) is 16.2. The van der Waals surface area contributed by atoms with Crippen LogP contribution in [0.25, 0.3) is 0 Å². The molecule has 2 aromatic rings. The summed E-state index contributed by atoms with van der Waals surface area (Å²) in [6, 6.07) is 6.80. The minimum Gasteiger partial charge on any atom is -0.496 e. The first-order valence-corrected chi connectivity index (χ1v) is 10.5. The molecule has 2 heterocycles. The second-order valence-electron chi connectivity index (χ2n) is 7.16. The molecular weight excluding hydrogens is 364 g/mol. The summed E-state index contributed by atoms with van der Waals surface area (Å²) in [7, 11) is -2.20. The van der Waals surface area contributed by atoms with Gasteiger partial charge in [-0.15, -0.1) is 10.2 Å². The van der Waals surface area contributed by atoms with Crippen molar-refractivity contribution in [2.45, 2.75) is 38.5 Å². The molecule has 1 atom stereocenters. The van der Waals surface area contributed by atoms with Crippen LogP contribution in [-0.2, 0) is 10.0 Å². The van der Waals surface area contributed by atoms with Crippen molar-refractivity contribution in [2.24, 2.45) is 5.92 Å². The normalized spacial score (nSPS) is 17.6. The number of sulfonamides is 1. The summed E-state index contributed by atoms with van der Waals surface area (Å²) in [4.78, 5) is 2.40. The Morgan fingerprint density at radius 3 is 2.59 bits per heavy atom. The van der Waals surface area contributed by atoms with Gasteiger partial charge in [0.25, 0.3) is 10.0 Å². The average molecular weight is 391 g/mol. The van der Waals surface area contributed by atoms with Gasteiger partial charge in [-0.25, -0.2) is 8.42 Å². The summed E-state index contributed by atoms with van der Waals surface area (Å²) in [6.45, 7) is 7.67. The third-order valence-electron chi connectivity index (χ3n) is 4.85. The molecule has 1 aliphatic rings. The Hall–Kier alpha value is -2.35. The molecule has 1 aromatic heterocycles. The van der Waals surface area contributed by atoms with Gasteiger partial charge < -0.3 is 9.64 Å². The monoisotopic (exact) mass is 390 g/mol. The van der Waals surface area contributed by atoms with Crippen LogP contribution in [-0.4, -0.2) is 38.8 Å². The van der Waals surface area contributed by atoms with Crippen LogP contribution in [0, 0.1) is 19.8 Å². The Bertz CT molecular complexity index is 913. The van der Waals surface area contributed by atoms with E-state index in [0.29, 0.717) is 17.2 Å². The molecule has 7 nitrogen and oxygen atoms in total. The number of hydrogen-bond acceptors (Lipinski definition) is 6. The van der Waals surface area contributed by atoms with Gasteiger partial charge in [0.2, 0.25) is 0 Å². The SMILES string of the molecule is COc1cc(C)c(S(=O)(=O)Nc2ccc(N3CCCC(C)C3)nn2)cc1C. The predicted molar refractivity (Wildman–Crippen MR) is 106 cm³/mol. The Morgan fingerprint density at radius 1 is 1.19 bits per heavy atom. The standard InChI is InChI=1S/C19H26N4O3S/c1-13-6-5-9-23(12-13)19-8-7-18(20-21-19)22-27(24,25)17-11-14(2)16(26-4)10-15(17)3/h7-8,10-11,13H,5-6,9,12H2,1-4H3,(H,20,22). The second kappa shape index (κ2) is 7.72. The Kier molecular flexibility index (Phi) is 5.55. The fourth-order valence-corrected chi connectivity index (χ4v) is 4.72. The smallest absolute Gasteiger partial charge is 0.263 e. The largest absolute Gasteiger partial charge is 0.496 e. The zero-order chi connectivity index (χ0) is 19.6. The van der Waals surface area contributed by atoms with Crippen LogP contribution < -0.4 is 14.4 Å². The first-order chi connectivity index (χ1) is 12.8. The van der Waals surface area contributed by atoms with Gasteiger partial charge in [0.05, 0.1) is 12.0 Å². The highest BCUT2D eigenvalue weighted by Gasteiger charge is 2.21. The second-order valence-corrected chi connectivity index (χ2v) is 8.81. The lowest BCUT2D eigenvalue weighted by molar-refractivity contribution is 0.411. The number of nitrogens with one attached hydrogen (secondary N) is 1. The van der Waals surface area contributed by atoms with Gasteiger partial charge in [-0.1, -0.05) is 6.92 Å². The summed E-state index contributed by atoms with van der Waals surface area (Å²) in [5.41, 5.74) is 1.36. The molecule has 146 valence electrons. The first-order valence-electron chi connectivity index (χ1n) is 9.07. The quantitative estimate of drug-likeness (QED) is 0.844. The highest BCUT2D eigenvalue weighted by molar-refractivity contribution is 7.92. The summed E-state index contributed by atoms with van der Waals surface area (Å²) >= 11 is 0. The fraction of sp³-hybridized carbons (Fsp3) is 0.474. The van der Waals surface area contributed by atoms with E-state index in [9.17, 15) is 8.42 Å². The summed E-state index contributed by atoms with van der Waals surface area (Å²) in [5.74, 6) is 2.27. The van der Waals surface area contributed by atoms with Crippen molar-refractivity contribution in [1.82, 2.24) is 10.2 Å². The molecule has 0 spiro atoms. The third kappa shape index (κ3) is 4.32. The average Bonchev–Trinajstić information content (AvgIpc) is 2.63. The van der Waals surface area contributed by atoms with E-state index in [1.54, 1.807) is 32.2 Å². The van der Waals surface area contributed by atoms with Crippen molar-refractivity contribution < 1.29 is 13.2 Å². The molecule has 3 rings (SSSR count). The molecule has 1 aromatic carbocycles. The molecular formula is C19H26N4O3S. The lowest BCUT2D eigenvalue weighted by Crippen LogP contribution is -2.34. The van der Waals surface area contributed by atoms with Gasteiger partial charge in [-0.05, 0) is 68.0 Å². The van der Waals surface area contributed by atoms with Crippen LogP contribution in [0.4, 0.5) is 11.6 Å². The number of rotatable bonds is 5. The molecule has 0 aliphatic carbocycles. The van der Waals surface area contributed by atoms with Crippen molar-refractivity contribution in [1.29, 1.82) is 0 Å². The van der Waals surface area contributed by atoms with Crippen molar-refractivity contribution >= 4 is 21.7 Å². The molecule has 27 heavy (non-hydrogen) atoms. The van der Waals surface area contributed by atoms with Gasteiger partial charge in [-0.3, -0.25) is 4.72 Å². The van der Waals surface area contributed by atoms with Crippen molar-refractivity contribution in [3.05, 3.63) is 35.4 Å². The van der Waals surface area contributed by atoms with E-state index in [2.05, 4.69) is 26.7 Å². The molecule has 8 heteroatoms. The highest BCUT2D eigenvalue weighted by Crippen LogP contribution is 2.27. The number of piperidine rings is 1. The summed E-state index contributed by atoms with van der Waals surface area (Å²) in [5, 5.41) is 8.28. The van der Waals surface area contributed by atoms with Crippen molar-refractivity contribution in [3.8, 4) is 5.75 Å². The maximum Gasteiger partial charge on any atom is 0.263 e. The van der Waals surface area contributed by atoms with E-state index in [-0.39, 0.29) is 10.7 Å². The number of benzene rings is 1. The van der Waals surface area contributed by atoms with Gasteiger partial charge in [0.1, 0.15) is 5.75 Å². The molecule has 0 radical (unpaired) electrons. The Morgan fingerprint density at radius 2 is 1.96 bits per heavy atom. The van der Waals surface area contributed by atoms with Crippen LogP contribution in [0.1, 0.15) is 30.9 Å². The van der Waals surface area contributed by atoms with Crippen LogP contribution >= 0.6 is 0 Å². The third-order valence-corrected chi connectivity index (χ3v) is 6.35. The lowest BCUT2D eigenvalue weighted by Gasteiger charge is -2.31. The van der Waals surface area contributed by atoms with Crippen LogP contribution in [0.2, 0.25) is 0 Å². The molecule has 1 N–H and O–H groups in total. The van der Waals surface area contributed by atoms with Crippen molar-refractivity contribution in [3.63, 3.8) is 0 Å². The lowest BCUT2D eigenvalue weighted by atomic mass is 10.0. The highest BCUT2D eigenvalue weighted by atomic mass is 32.2. The number of nitrogens with zero attached hydrogens (tertiary/aromatic N) is 3. The number of aromatic nitrogens is 2. The molecule has 0 amide bonds. The molecule has 0 saturated carbocycles. The number of hydrogen-bond donors (Lipinski definition) is 1.